The highest BCUT2D eigenvalue weighted by atomic mass is 16.5. The van der Waals surface area contributed by atoms with Crippen LogP contribution in [0.25, 0.3) is 0 Å². The van der Waals surface area contributed by atoms with E-state index in [1.54, 1.807) is 12.1 Å². The Bertz CT molecular complexity index is 433. The molecule has 0 aliphatic heterocycles. The zero-order valence-electron chi connectivity index (χ0n) is 9.57. The van der Waals surface area contributed by atoms with Gasteiger partial charge in [0.15, 0.2) is 0 Å². The lowest BCUT2D eigenvalue weighted by Crippen LogP contribution is -2.30. The van der Waals surface area contributed by atoms with E-state index in [9.17, 15) is 4.79 Å². The molecule has 1 amide bonds. The molecule has 0 bridgehead atoms. The summed E-state index contributed by atoms with van der Waals surface area (Å²) in [5.41, 5.74) is 0.824. The van der Waals surface area contributed by atoms with E-state index in [-0.39, 0.29) is 11.9 Å². The molecule has 0 heterocycles. The second kappa shape index (κ2) is 5.17. The predicted octanol–water partition coefficient (Wildman–Crippen LogP) is 1.71. The summed E-state index contributed by atoms with van der Waals surface area (Å²) in [6, 6.07) is 6.84. The van der Waals surface area contributed by atoms with Gasteiger partial charge in [0.1, 0.15) is 11.8 Å². The van der Waals surface area contributed by atoms with Gasteiger partial charge in [-0.3, -0.25) is 4.79 Å². The maximum Gasteiger partial charge on any atom is 0.251 e. The van der Waals surface area contributed by atoms with Gasteiger partial charge in [0.25, 0.3) is 5.91 Å². The minimum atomic E-state index is -0.186. The van der Waals surface area contributed by atoms with Crippen LogP contribution >= 0.6 is 0 Å². The summed E-state index contributed by atoms with van der Waals surface area (Å²) in [7, 11) is 1.49. The minimum absolute atomic E-state index is 0.0696. The standard InChI is InChI=1S/C12H14N2O2/c1-8(2)14-12(15)9-4-5-11(16-3)10(6-9)7-13/h4-6,8H,1-3H3,(H,14,15). The van der Waals surface area contributed by atoms with Crippen molar-refractivity contribution in [2.24, 2.45) is 0 Å². The molecule has 1 aromatic rings. The molecular weight excluding hydrogens is 204 g/mol. The van der Waals surface area contributed by atoms with Gasteiger partial charge >= 0.3 is 0 Å². The molecule has 1 aromatic carbocycles. The van der Waals surface area contributed by atoms with Gasteiger partial charge in [-0.2, -0.15) is 5.26 Å². The molecular formula is C12H14N2O2. The number of benzene rings is 1. The largest absolute Gasteiger partial charge is 0.495 e. The normalized spacial score (nSPS) is 9.69. The van der Waals surface area contributed by atoms with Crippen LogP contribution in [0.2, 0.25) is 0 Å². The van der Waals surface area contributed by atoms with Crippen LogP contribution in [0.5, 0.6) is 5.75 Å². The fourth-order valence-electron chi connectivity index (χ4n) is 1.28. The highest BCUT2D eigenvalue weighted by Gasteiger charge is 2.10. The molecule has 4 nitrogen and oxygen atoms in total. The lowest BCUT2D eigenvalue weighted by Gasteiger charge is -2.09. The lowest BCUT2D eigenvalue weighted by molar-refractivity contribution is 0.0943. The van der Waals surface area contributed by atoms with E-state index in [0.717, 1.165) is 0 Å². The Morgan fingerprint density at radius 1 is 1.50 bits per heavy atom. The van der Waals surface area contributed by atoms with Gasteiger partial charge in [0.2, 0.25) is 0 Å². The number of ether oxygens (including phenoxy) is 1. The van der Waals surface area contributed by atoms with Crippen LogP contribution in [0, 0.1) is 11.3 Å². The molecule has 0 radical (unpaired) electrons. The third-order valence-corrected chi connectivity index (χ3v) is 2.00. The molecule has 84 valence electrons. The number of amides is 1. The Kier molecular flexibility index (Phi) is 3.90. The Morgan fingerprint density at radius 3 is 2.69 bits per heavy atom. The zero-order chi connectivity index (χ0) is 12.1. The molecule has 0 aliphatic rings. The third kappa shape index (κ3) is 2.74. The van der Waals surface area contributed by atoms with Crippen LogP contribution < -0.4 is 10.1 Å². The van der Waals surface area contributed by atoms with E-state index in [2.05, 4.69) is 5.32 Å². The fourth-order valence-corrected chi connectivity index (χ4v) is 1.28. The molecule has 0 saturated carbocycles. The number of carbonyl (C=O) groups excluding carboxylic acids is 1. The number of methoxy groups -OCH3 is 1. The van der Waals surface area contributed by atoms with Crippen molar-refractivity contribution >= 4 is 5.91 Å². The fraction of sp³-hybridized carbons (Fsp3) is 0.333. The molecule has 0 aromatic heterocycles. The molecule has 1 N–H and O–H groups in total. The van der Waals surface area contributed by atoms with Crippen molar-refractivity contribution in [3.05, 3.63) is 29.3 Å². The number of hydrogen-bond acceptors (Lipinski definition) is 3. The number of nitrogens with zero attached hydrogens (tertiary/aromatic N) is 1. The molecule has 1 rings (SSSR count). The molecule has 0 saturated heterocycles. The SMILES string of the molecule is COc1ccc(C(=O)NC(C)C)cc1C#N. The third-order valence-electron chi connectivity index (χ3n) is 2.00. The molecule has 0 aliphatic carbocycles. The highest BCUT2D eigenvalue weighted by molar-refractivity contribution is 5.94. The Labute approximate surface area is 94.8 Å². The number of carbonyl (C=O) groups is 1. The summed E-state index contributed by atoms with van der Waals surface area (Å²) in [4.78, 5) is 11.7. The number of nitrogens with one attached hydrogen (secondary N) is 1. The molecule has 0 fully saturated rings. The van der Waals surface area contributed by atoms with E-state index in [1.807, 2.05) is 19.9 Å². The van der Waals surface area contributed by atoms with Crippen LogP contribution in [-0.2, 0) is 0 Å². The van der Waals surface area contributed by atoms with Gasteiger partial charge in [-0.1, -0.05) is 0 Å². The number of hydrogen-bond donors (Lipinski definition) is 1. The van der Waals surface area contributed by atoms with E-state index in [1.165, 1.54) is 13.2 Å². The van der Waals surface area contributed by atoms with Crippen molar-refractivity contribution in [3.63, 3.8) is 0 Å². The second-order valence-corrected chi connectivity index (χ2v) is 3.66. The summed E-state index contributed by atoms with van der Waals surface area (Å²) < 4.78 is 5.00. The van der Waals surface area contributed by atoms with Gasteiger partial charge in [0.05, 0.1) is 12.7 Å². The summed E-state index contributed by atoms with van der Waals surface area (Å²) in [5, 5.41) is 11.6. The summed E-state index contributed by atoms with van der Waals surface area (Å²) in [6.07, 6.45) is 0. The second-order valence-electron chi connectivity index (χ2n) is 3.66. The van der Waals surface area contributed by atoms with Gasteiger partial charge < -0.3 is 10.1 Å². The quantitative estimate of drug-likeness (QED) is 0.840. The first-order valence-electron chi connectivity index (χ1n) is 4.97. The number of nitriles is 1. The summed E-state index contributed by atoms with van der Waals surface area (Å²) in [5.74, 6) is 0.290. The Morgan fingerprint density at radius 2 is 2.19 bits per heavy atom. The average Bonchev–Trinajstić information content (AvgIpc) is 2.27. The molecule has 16 heavy (non-hydrogen) atoms. The minimum Gasteiger partial charge on any atom is -0.495 e. The Hall–Kier alpha value is -2.02. The van der Waals surface area contributed by atoms with E-state index < -0.39 is 0 Å². The first-order chi connectivity index (χ1) is 7.58. The van der Waals surface area contributed by atoms with Crippen LogP contribution in [0.15, 0.2) is 18.2 Å². The first kappa shape index (κ1) is 12.1. The van der Waals surface area contributed by atoms with Crippen molar-refractivity contribution in [1.82, 2.24) is 5.32 Å². The predicted molar refractivity (Wildman–Crippen MR) is 60.3 cm³/mol. The maximum atomic E-state index is 11.7. The van der Waals surface area contributed by atoms with Gasteiger partial charge in [-0.15, -0.1) is 0 Å². The molecule has 0 spiro atoms. The van der Waals surface area contributed by atoms with Gasteiger partial charge in [0, 0.05) is 11.6 Å². The van der Waals surface area contributed by atoms with Crippen LogP contribution in [-0.4, -0.2) is 19.1 Å². The monoisotopic (exact) mass is 218 g/mol. The summed E-state index contributed by atoms with van der Waals surface area (Å²) >= 11 is 0. The summed E-state index contributed by atoms with van der Waals surface area (Å²) in [6.45, 7) is 3.76. The van der Waals surface area contributed by atoms with Crippen molar-refractivity contribution in [2.45, 2.75) is 19.9 Å². The maximum absolute atomic E-state index is 11.7. The van der Waals surface area contributed by atoms with Gasteiger partial charge in [-0.05, 0) is 32.0 Å². The van der Waals surface area contributed by atoms with Crippen LogP contribution in [0.1, 0.15) is 29.8 Å². The van der Waals surface area contributed by atoms with Crippen LogP contribution in [0.4, 0.5) is 0 Å². The topological polar surface area (TPSA) is 62.1 Å². The van der Waals surface area contributed by atoms with E-state index >= 15 is 0 Å². The van der Waals surface area contributed by atoms with Crippen LogP contribution in [0.3, 0.4) is 0 Å². The first-order valence-corrected chi connectivity index (χ1v) is 4.97. The molecule has 4 heteroatoms. The Balaban J connectivity index is 3.00. The zero-order valence-corrected chi connectivity index (χ0v) is 9.57. The van der Waals surface area contributed by atoms with Crippen molar-refractivity contribution in [1.29, 1.82) is 5.26 Å². The number of rotatable bonds is 3. The molecule has 0 atom stereocenters. The smallest absolute Gasteiger partial charge is 0.251 e. The van der Waals surface area contributed by atoms with Gasteiger partial charge in [-0.25, -0.2) is 0 Å². The van der Waals surface area contributed by atoms with Crippen molar-refractivity contribution in [2.75, 3.05) is 7.11 Å². The highest BCUT2D eigenvalue weighted by Crippen LogP contribution is 2.18. The molecule has 0 unspecified atom stereocenters. The van der Waals surface area contributed by atoms with Crippen molar-refractivity contribution in [3.8, 4) is 11.8 Å². The lowest BCUT2D eigenvalue weighted by atomic mass is 10.1. The van der Waals surface area contributed by atoms with Crippen molar-refractivity contribution < 1.29 is 9.53 Å². The average molecular weight is 218 g/mol. The van der Waals surface area contributed by atoms with E-state index in [0.29, 0.717) is 16.9 Å². The van der Waals surface area contributed by atoms with E-state index in [4.69, 9.17) is 10.00 Å².